The molecule has 1 aromatic heterocycles. The van der Waals surface area contributed by atoms with E-state index in [4.69, 9.17) is 28.3 Å². The molecule has 0 radical (unpaired) electrons. The number of fused-ring (bicyclic) bond motifs is 1. The van der Waals surface area contributed by atoms with Gasteiger partial charge in [-0.15, -0.1) is 0 Å². The third-order valence-corrected chi connectivity index (χ3v) is 3.03. The molecule has 0 saturated heterocycles. The lowest BCUT2D eigenvalue weighted by atomic mass is 10.1. The molecule has 1 aromatic carbocycles. The summed E-state index contributed by atoms with van der Waals surface area (Å²) < 4.78 is 0. The number of hydrogen-bond donors (Lipinski definition) is 3. The van der Waals surface area contributed by atoms with Gasteiger partial charge in [0, 0.05) is 15.8 Å². The van der Waals surface area contributed by atoms with Gasteiger partial charge in [0.2, 0.25) is 0 Å². The number of rotatable bonds is 3. The van der Waals surface area contributed by atoms with E-state index < -0.39 is 18.4 Å². The molecule has 0 aliphatic rings. The summed E-state index contributed by atoms with van der Waals surface area (Å²) in [5, 5.41) is 21.7. The zero-order valence-electron chi connectivity index (χ0n) is 9.85. The fraction of sp³-hybridized carbons (Fsp3) is 0.0833. The Hall–Kier alpha value is -2.05. The number of carbonyl (C=O) groups is 2. The van der Waals surface area contributed by atoms with E-state index in [-0.39, 0.29) is 16.6 Å². The van der Waals surface area contributed by atoms with Crippen molar-refractivity contribution in [1.82, 2.24) is 10.3 Å². The summed E-state index contributed by atoms with van der Waals surface area (Å²) in [5.74, 6) is -2.43. The number of carboxylic acid groups (broad SMARTS) is 1. The first-order chi connectivity index (χ1) is 9.40. The molecule has 0 unspecified atom stereocenters. The van der Waals surface area contributed by atoms with Gasteiger partial charge in [-0.3, -0.25) is 9.59 Å². The van der Waals surface area contributed by atoms with Gasteiger partial charge in [-0.25, -0.2) is 4.98 Å². The van der Waals surface area contributed by atoms with Gasteiger partial charge in [0.25, 0.3) is 5.91 Å². The van der Waals surface area contributed by atoms with E-state index in [9.17, 15) is 14.7 Å². The van der Waals surface area contributed by atoms with Crippen molar-refractivity contribution in [3.8, 4) is 5.75 Å². The number of aromatic hydroxyl groups is 1. The Balaban J connectivity index is 2.50. The maximum absolute atomic E-state index is 11.8. The van der Waals surface area contributed by atoms with Crippen LogP contribution in [0.5, 0.6) is 5.75 Å². The molecule has 3 N–H and O–H groups in total. The van der Waals surface area contributed by atoms with Crippen LogP contribution >= 0.6 is 23.2 Å². The Morgan fingerprint density at radius 3 is 2.60 bits per heavy atom. The largest absolute Gasteiger partial charge is 0.505 e. The van der Waals surface area contributed by atoms with Crippen molar-refractivity contribution >= 4 is 45.9 Å². The predicted octanol–water partition coefficient (Wildman–Crippen LogP) is 2.06. The van der Waals surface area contributed by atoms with Crippen molar-refractivity contribution in [3.63, 3.8) is 0 Å². The van der Waals surface area contributed by atoms with E-state index in [0.29, 0.717) is 15.8 Å². The summed E-state index contributed by atoms with van der Waals surface area (Å²) in [6, 6.07) is 4.53. The van der Waals surface area contributed by atoms with Crippen LogP contribution in [-0.2, 0) is 4.79 Å². The first-order valence-corrected chi connectivity index (χ1v) is 6.13. The van der Waals surface area contributed by atoms with Crippen LogP contribution in [-0.4, -0.2) is 33.6 Å². The Morgan fingerprint density at radius 1 is 1.25 bits per heavy atom. The van der Waals surface area contributed by atoms with Crippen LogP contribution in [0.4, 0.5) is 0 Å². The van der Waals surface area contributed by atoms with Gasteiger partial charge in [-0.05, 0) is 18.2 Å². The Labute approximate surface area is 122 Å². The number of aromatic nitrogens is 1. The van der Waals surface area contributed by atoms with Crippen LogP contribution in [0.1, 0.15) is 10.5 Å². The van der Waals surface area contributed by atoms with Crippen molar-refractivity contribution in [2.75, 3.05) is 6.54 Å². The summed E-state index contributed by atoms with van der Waals surface area (Å²) >= 11 is 11.8. The normalized spacial score (nSPS) is 10.5. The highest BCUT2D eigenvalue weighted by Crippen LogP contribution is 2.33. The molecule has 20 heavy (non-hydrogen) atoms. The van der Waals surface area contributed by atoms with E-state index in [0.717, 1.165) is 0 Å². The van der Waals surface area contributed by atoms with E-state index in [1.165, 1.54) is 18.2 Å². The molecular weight excluding hydrogens is 307 g/mol. The lowest BCUT2D eigenvalue weighted by Gasteiger charge is -2.09. The van der Waals surface area contributed by atoms with Crippen molar-refractivity contribution in [1.29, 1.82) is 0 Å². The van der Waals surface area contributed by atoms with Crippen molar-refractivity contribution in [2.24, 2.45) is 0 Å². The number of halogens is 2. The molecule has 0 fully saturated rings. The lowest BCUT2D eigenvalue weighted by Crippen LogP contribution is -2.30. The molecule has 0 aliphatic carbocycles. The van der Waals surface area contributed by atoms with Crippen LogP contribution in [0.25, 0.3) is 10.8 Å². The van der Waals surface area contributed by atoms with Gasteiger partial charge < -0.3 is 15.5 Å². The first kappa shape index (κ1) is 14.4. The molecule has 104 valence electrons. The SMILES string of the molecule is O=C(O)CNC(=O)c1nc(Cl)c2cc(Cl)ccc2c1O. The maximum atomic E-state index is 11.8. The van der Waals surface area contributed by atoms with Gasteiger partial charge in [0.1, 0.15) is 11.7 Å². The summed E-state index contributed by atoms with van der Waals surface area (Å²) in [5.41, 5.74) is -0.342. The highest BCUT2D eigenvalue weighted by molar-refractivity contribution is 6.36. The standard InChI is InChI=1S/C12H8Cl2N2O4/c13-5-1-2-6-7(3-5)11(14)16-9(10(6)19)12(20)15-4-8(17)18/h1-3,19H,4H2,(H,15,20)(H,17,18). The second kappa shape index (κ2) is 5.52. The van der Waals surface area contributed by atoms with Gasteiger partial charge >= 0.3 is 5.97 Å². The quantitative estimate of drug-likeness (QED) is 0.753. The first-order valence-electron chi connectivity index (χ1n) is 5.38. The molecule has 0 bridgehead atoms. The summed E-state index contributed by atoms with van der Waals surface area (Å²) in [6.45, 7) is -0.587. The number of hydrogen-bond acceptors (Lipinski definition) is 4. The summed E-state index contributed by atoms with van der Waals surface area (Å²) in [4.78, 5) is 25.9. The number of aliphatic carboxylic acids is 1. The zero-order valence-corrected chi connectivity index (χ0v) is 11.4. The second-order valence-electron chi connectivity index (χ2n) is 3.87. The molecule has 2 rings (SSSR count). The molecule has 1 heterocycles. The molecule has 1 amide bonds. The van der Waals surface area contributed by atoms with Crippen molar-refractivity contribution < 1.29 is 19.8 Å². The van der Waals surface area contributed by atoms with Crippen molar-refractivity contribution in [3.05, 3.63) is 34.1 Å². The molecule has 0 saturated carbocycles. The average molecular weight is 315 g/mol. The molecule has 2 aromatic rings. The number of nitrogens with zero attached hydrogens (tertiary/aromatic N) is 1. The zero-order chi connectivity index (χ0) is 14.9. The Kier molecular flexibility index (Phi) is 3.96. The van der Waals surface area contributed by atoms with Crippen molar-refractivity contribution in [2.45, 2.75) is 0 Å². The van der Waals surface area contributed by atoms with E-state index in [1.807, 2.05) is 0 Å². The second-order valence-corrected chi connectivity index (χ2v) is 4.66. The third-order valence-electron chi connectivity index (χ3n) is 2.51. The van der Waals surface area contributed by atoms with Crippen LogP contribution in [0, 0.1) is 0 Å². The number of nitrogens with one attached hydrogen (secondary N) is 1. The Morgan fingerprint density at radius 2 is 1.95 bits per heavy atom. The topological polar surface area (TPSA) is 99.5 Å². The van der Waals surface area contributed by atoms with Crippen LogP contribution in [0.2, 0.25) is 10.2 Å². The third kappa shape index (κ3) is 2.76. The van der Waals surface area contributed by atoms with E-state index in [1.54, 1.807) is 0 Å². The molecule has 0 spiro atoms. The minimum absolute atomic E-state index is 0.0132. The number of pyridine rings is 1. The fourth-order valence-corrected chi connectivity index (χ4v) is 2.04. The molecule has 8 heteroatoms. The molecule has 0 atom stereocenters. The number of amides is 1. The van der Waals surface area contributed by atoms with Crippen LogP contribution < -0.4 is 5.32 Å². The smallest absolute Gasteiger partial charge is 0.322 e. The van der Waals surface area contributed by atoms with Crippen LogP contribution in [0.3, 0.4) is 0 Å². The molecule has 0 aliphatic heterocycles. The summed E-state index contributed by atoms with van der Waals surface area (Å²) in [7, 11) is 0. The van der Waals surface area contributed by atoms with Gasteiger partial charge in [0.15, 0.2) is 11.4 Å². The van der Waals surface area contributed by atoms with Crippen LogP contribution in [0.15, 0.2) is 18.2 Å². The van der Waals surface area contributed by atoms with E-state index in [2.05, 4.69) is 10.3 Å². The number of carboxylic acids is 1. The summed E-state index contributed by atoms with van der Waals surface area (Å²) in [6.07, 6.45) is 0. The molecule has 6 nitrogen and oxygen atoms in total. The lowest BCUT2D eigenvalue weighted by molar-refractivity contribution is -0.135. The van der Waals surface area contributed by atoms with Gasteiger partial charge in [-0.1, -0.05) is 23.2 Å². The minimum Gasteiger partial charge on any atom is -0.505 e. The van der Waals surface area contributed by atoms with Gasteiger partial charge in [0.05, 0.1) is 0 Å². The number of benzene rings is 1. The highest BCUT2D eigenvalue weighted by atomic mass is 35.5. The average Bonchev–Trinajstić information content (AvgIpc) is 2.40. The van der Waals surface area contributed by atoms with Gasteiger partial charge in [-0.2, -0.15) is 0 Å². The van der Waals surface area contributed by atoms with E-state index >= 15 is 0 Å². The maximum Gasteiger partial charge on any atom is 0.322 e. The predicted molar refractivity (Wildman–Crippen MR) is 73.4 cm³/mol. The minimum atomic E-state index is -1.21. The number of carbonyl (C=O) groups excluding carboxylic acids is 1. The Bertz CT molecular complexity index is 718. The fourth-order valence-electron chi connectivity index (χ4n) is 1.63. The molecular formula is C12H8Cl2N2O4. The monoisotopic (exact) mass is 314 g/mol. The highest BCUT2D eigenvalue weighted by Gasteiger charge is 2.19.